The number of benzene rings is 1. The number of nitrogens with zero attached hydrogens (tertiary/aromatic N) is 2. The Morgan fingerprint density at radius 2 is 2.07 bits per heavy atom. The van der Waals surface area contributed by atoms with E-state index in [1.54, 1.807) is 23.1 Å². The molecule has 0 bridgehead atoms. The van der Waals surface area contributed by atoms with Gasteiger partial charge in [-0.05, 0) is 56.2 Å². The van der Waals surface area contributed by atoms with E-state index in [0.717, 1.165) is 52.5 Å². The minimum atomic E-state index is 0.106. The third kappa shape index (κ3) is 3.47. The van der Waals surface area contributed by atoms with Gasteiger partial charge in [-0.2, -0.15) is 0 Å². The van der Waals surface area contributed by atoms with Gasteiger partial charge < -0.3 is 0 Å². The summed E-state index contributed by atoms with van der Waals surface area (Å²) in [5.74, 6) is 1.43. The molecule has 5 heteroatoms. The highest BCUT2D eigenvalue weighted by atomic mass is 32.2. The molecule has 0 spiro atoms. The molecule has 0 unspecified atom stereocenters. The van der Waals surface area contributed by atoms with Gasteiger partial charge in [-0.1, -0.05) is 49.7 Å². The Balaban J connectivity index is 1.95. The average Bonchev–Trinajstić information content (AvgIpc) is 3.03. The predicted octanol–water partition coefficient (Wildman–Crippen LogP) is 6.09. The quantitative estimate of drug-likeness (QED) is 0.296. The first kappa shape index (κ1) is 18.8. The fourth-order valence-electron chi connectivity index (χ4n) is 3.84. The topological polar surface area (TPSA) is 34.9 Å². The molecule has 142 valence electrons. The van der Waals surface area contributed by atoms with E-state index in [0.29, 0.717) is 5.92 Å². The van der Waals surface area contributed by atoms with Crippen molar-refractivity contribution in [1.82, 2.24) is 9.55 Å². The molecule has 2 heterocycles. The van der Waals surface area contributed by atoms with Crippen molar-refractivity contribution in [1.29, 1.82) is 0 Å². The van der Waals surface area contributed by atoms with Crippen molar-refractivity contribution in [3.8, 4) is 5.69 Å². The van der Waals surface area contributed by atoms with E-state index >= 15 is 0 Å². The van der Waals surface area contributed by atoms with Crippen molar-refractivity contribution in [3.63, 3.8) is 0 Å². The summed E-state index contributed by atoms with van der Waals surface area (Å²) >= 11 is 3.44. The minimum absolute atomic E-state index is 0.106. The van der Waals surface area contributed by atoms with E-state index in [1.807, 2.05) is 16.7 Å². The first-order valence-electron chi connectivity index (χ1n) is 9.88. The van der Waals surface area contributed by atoms with Crippen LogP contribution in [0.5, 0.6) is 0 Å². The van der Waals surface area contributed by atoms with Crippen LogP contribution in [0.4, 0.5) is 0 Å². The van der Waals surface area contributed by atoms with Gasteiger partial charge in [0.05, 0.1) is 11.1 Å². The molecule has 0 fully saturated rings. The van der Waals surface area contributed by atoms with Crippen LogP contribution < -0.4 is 5.56 Å². The summed E-state index contributed by atoms with van der Waals surface area (Å²) in [6.45, 7) is 6.52. The van der Waals surface area contributed by atoms with Crippen LogP contribution in [0.15, 0.2) is 34.2 Å². The molecule has 0 saturated heterocycles. The molecule has 0 N–H and O–H groups in total. The normalized spacial score (nSPS) is 16.6. The molecule has 1 aliphatic rings. The number of hydrogen-bond donors (Lipinski definition) is 0. The molecular weight excluding hydrogens is 372 g/mol. The van der Waals surface area contributed by atoms with Crippen LogP contribution in [0, 0.1) is 6.92 Å². The Morgan fingerprint density at radius 3 is 2.81 bits per heavy atom. The second-order valence-electron chi connectivity index (χ2n) is 7.48. The van der Waals surface area contributed by atoms with E-state index in [1.165, 1.54) is 22.4 Å². The fourth-order valence-corrected chi connectivity index (χ4v) is 6.32. The van der Waals surface area contributed by atoms with Crippen molar-refractivity contribution in [3.05, 3.63) is 50.6 Å². The number of thiophene rings is 1. The monoisotopic (exact) mass is 398 g/mol. The standard InChI is InChI=1S/C22H26N2OS2/c1-4-5-13-26-22-23-20-19(18-15(3)7-6-8-17(18)27-20)21(25)24(22)16-11-9-14(2)10-12-16/h9-12,15H,4-8,13H2,1-3H3/t15-/m0/s1. The highest BCUT2D eigenvalue weighted by Crippen LogP contribution is 2.40. The van der Waals surface area contributed by atoms with Crippen molar-refractivity contribution in [2.24, 2.45) is 0 Å². The minimum Gasteiger partial charge on any atom is -0.268 e. The first-order valence-corrected chi connectivity index (χ1v) is 11.7. The van der Waals surface area contributed by atoms with Crippen LogP contribution in [0.3, 0.4) is 0 Å². The molecule has 0 radical (unpaired) electrons. The highest BCUT2D eigenvalue weighted by molar-refractivity contribution is 7.99. The number of hydrogen-bond acceptors (Lipinski definition) is 4. The summed E-state index contributed by atoms with van der Waals surface area (Å²) in [4.78, 5) is 21.0. The molecule has 27 heavy (non-hydrogen) atoms. The number of aromatic nitrogens is 2. The van der Waals surface area contributed by atoms with Crippen LogP contribution in [0.1, 0.15) is 61.5 Å². The maximum absolute atomic E-state index is 13.7. The second kappa shape index (κ2) is 7.80. The number of aryl methyl sites for hydroxylation is 2. The molecule has 1 aromatic carbocycles. The van der Waals surface area contributed by atoms with E-state index in [-0.39, 0.29) is 5.56 Å². The number of unbranched alkanes of at least 4 members (excludes halogenated alkanes) is 1. The molecule has 0 saturated carbocycles. The highest BCUT2D eigenvalue weighted by Gasteiger charge is 2.26. The SMILES string of the molecule is CCCCSc1nc2sc3c(c2c(=O)n1-c1ccc(C)cc1)[C@@H](C)CCC3. The Bertz CT molecular complexity index is 1020. The van der Waals surface area contributed by atoms with E-state index in [2.05, 4.69) is 32.9 Å². The molecule has 0 amide bonds. The lowest BCUT2D eigenvalue weighted by Crippen LogP contribution is -2.22. The van der Waals surface area contributed by atoms with Crippen molar-refractivity contribution in [2.45, 2.75) is 63.9 Å². The van der Waals surface area contributed by atoms with Gasteiger partial charge in [0.2, 0.25) is 0 Å². The largest absolute Gasteiger partial charge is 0.268 e. The van der Waals surface area contributed by atoms with Crippen LogP contribution in [-0.2, 0) is 6.42 Å². The maximum Gasteiger partial charge on any atom is 0.267 e. The van der Waals surface area contributed by atoms with Crippen LogP contribution in [-0.4, -0.2) is 15.3 Å². The molecule has 1 aliphatic carbocycles. The fraction of sp³-hybridized carbons (Fsp3) is 0.455. The van der Waals surface area contributed by atoms with Crippen LogP contribution >= 0.6 is 23.1 Å². The Labute approximate surface area is 168 Å². The lowest BCUT2D eigenvalue weighted by atomic mass is 9.88. The smallest absolute Gasteiger partial charge is 0.267 e. The lowest BCUT2D eigenvalue weighted by Gasteiger charge is -2.19. The molecular formula is C22H26N2OS2. The van der Waals surface area contributed by atoms with E-state index in [9.17, 15) is 4.79 Å². The van der Waals surface area contributed by atoms with E-state index in [4.69, 9.17) is 4.98 Å². The Hall–Kier alpha value is -1.59. The summed E-state index contributed by atoms with van der Waals surface area (Å²) in [6.07, 6.45) is 5.74. The van der Waals surface area contributed by atoms with Gasteiger partial charge in [0.15, 0.2) is 5.16 Å². The zero-order chi connectivity index (χ0) is 19.0. The van der Waals surface area contributed by atoms with Gasteiger partial charge in [-0.15, -0.1) is 11.3 Å². The maximum atomic E-state index is 13.7. The van der Waals surface area contributed by atoms with Crippen molar-refractivity contribution >= 4 is 33.3 Å². The summed E-state index contributed by atoms with van der Waals surface area (Å²) < 4.78 is 1.84. The number of fused-ring (bicyclic) bond motifs is 3. The summed E-state index contributed by atoms with van der Waals surface area (Å²) in [5, 5.41) is 1.69. The van der Waals surface area contributed by atoms with Crippen LogP contribution in [0.2, 0.25) is 0 Å². The van der Waals surface area contributed by atoms with Crippen LogP contribution in [0.25, 0.3) is 15.9 Å². The molecule has 2 aromatic heterocycles. The van der Waals surface area contributed by atoms with Gasteiger partial charge in [0.25, 0.3) is 5.56 Å². The third-order valence-corrected chi connectivity index (χ3v) is 7.55. The summed E-state index contributed by atoms with van der Waals surface area (Å²) in [5.41, 5.74) is 3.49. The molecule has 3 aromatic rings. The first-order chi connectivity index (χ1) is 13.1. The third-order valence-electron chi connectivity index (χ3n) is 5.36. The van der Waals surface area contributed by atoms with Crippen molar-refractivity contribution in [2.75, 3.05) is 5.75 Å². The zero-order valence-electron chi connectivity index (χ0n) is 16.2. The summed E-state index contributed by atoms with van der Waals surface area (Å²) in [6, 6.07) is 8.21. The van der Waals surface area contributed by atoms with Gasteiger partial charge >= 0.3 is 0 Å². The average molecular weight is 399 g/mol. The van der Waals surface area contributed by atoms with Gasteiger partial charge in [0.1, 0.15) is 4.83 Å². The lowest BCUT2D eigenvalue weighted by molar-refractivity contribution is 0.601. The Kier molecular flexibility index (Phi) is 5.42. The number of rotatable bonds is 5. The number of thioether (sulfide) groups is 1. The predicted molar refractivity (Wildman–Crippen MR) is 117 cm³/mol. The Morgan fingerprint density at radius 1 is 1.30 bits per heavy atom. The van der Waals surface area contributed by atoms with Gasteiger partial charge in [-0.25, -0.2) is 4.98 Å². The molecule has 4 rings (SSSR count). The van der Waals surface area contributed by atoms with E-state index < -0.39 is 0 Å². The van der Waals surface area contributed by atoms with Gasteiger partial charge in [-0.3, -0.25) is 9.36 Å². The molecule has 3 nitrogen and oxygen atoms in total. The molecule has 0 aliphatic heterocycles. The summed E-state index contributed by atoms with van der Waals surface area (Å²) in [7, 11) is 0. The zero-order valence-corrected chi connectivity index (χ0v) is 17.9. The van der Waals surface area contributed by atoms with Gasteiger partial charge in [0, 0.05) is 10.6 Å². The van der Waals surface area contributed by atoms with Crippen molar-refractivity contribution < 1.29 is 0 Å². The molecule has 1 atom stereocenters. The second-order valence-corrected chi connectivity index (χ2v) is 9.63.